The van der Waals surface area contributed by atoms with Gasteiger partial charge in [-0.1, -0.05) is 12.1 Å². The predicted molar refractivity (Wildman–Crippen MR) is 77.9 cm³/mol. The predicted octanol–water partition coefficient (Wildman–Crippen LogP) is 2.37. The van der Waals surface area contributed by atoms with Gasteiger partial charge in [-0.15, -0.1) is 0 Å². The van der Waals surface area contributed by atoms with Crippen LogP contribution in [0.2, 0.25) is 0 Å². The number of nitrogens with one attached hydrogen (secondary N) is 1. The molecular weight excluding hydrogens is 254 g/mol. The van der Waals surface area contributed by atoms with E-state index in [0.29, 0.717) is 5.89 Å². The number of benzene rings is 1. The molecule has 0 aliphatic rings. The Hall–Kier alpha value is -2.81. The molecule has 0 unspecified atom stereocenters. The SMILES string of the molecule is Cc1nc(C#N)c(N/N=C\c2ccc(N(C)C)cc2)o1. The Morgan fingerprint density at radius 3 is 2.65 bits per heavy atom. The second-order valence-electron chi connectivity index (χ2n) is 4.38. The van der Waals surface area contributed by atoms with E-state index in [0.717, 1.165) is 11.3 Å². The van der Waals surface area contributed by atoms with Crippen LogP contribution in [-0.2, 0) is 0 Å². The van der Waals surface area contributed by atoms with Crippen molar-refractivity contribution in [3.8, 4) is 6.07 Å². The lowest BCUT2D eigenvalue weighted by molar-refractivity contribution is 0.533. The molecule has 0 aliphatic carbocycles. The van der Waals surface area contributed by atoms with Gasteiger partial charge in [0.05, 0.1) is 6.21 Å². The molecule has 1 heterocycles. The van der Waals surface area contributed by atoms with Crippen LogP contribution in [0.15, 0.2) is 33.8 Å². The van der Waals surface area contributed by atoms with Crippen molar-refractivity contribution in [3.63, 3.8) is 0 Å². The van der Waals surface area contributed by atoms with E-state index in [1.54, 1.807) is 13.1 Å². The maximum atomic E-state index is 8.86. The first kappa shape index (κ1) is 13.6. The van der Waals surface area contributed by atoms with Gasteiger partial charge in [0, 0.05) is 26.7 Å². The quantitative estimate of drug-likeness (QED) is 0.681. The van der Waals surface area contributed by atoms with Crippen LogP contribution in [0.5, 0.6) is 0 Å². The third-order valence-electron chi connectivity index (χ3n) is 2.63. The molecule has 6 nitrogen and oxygen atoms in total. The normalized spacial score (nSPS) is 10.5. The van der Waals surface area contributed by atoms with E-state index in [9.17, 15) is 0 Å². The lowest BCUT2D eigenvalue weighted by Crippen LogP contribution is -2.08. The van der Waals surface area contributed by atoms with Gasteiger partial charge in [-0.2, -0.15) is 10.4 Å². The Morgan fingerprint density at radius 1 is 1.35 bits per heavy atom. The molecule has 0 bridgehead atoms. The second-order valence-corrected chi connectivity index (χ2v) is 4.38. The molecule has 2 rings (SSSR count). The summed E-state index contributed by atoms with van der Waals surface area (Å²) in [7, 11) is 3.97. The molecule has 102 valence electrons. The Labute approximate surface area is 117 Å². The highest BCUT2D eigenvalue weighted by Gasteiger charge is 2.08. The molecule has 2 aromatic rings. The van der Waals surface area contributed by atoms with Crippen molar-refractivity contribution < 1.29 is 4.42 Å². The first-order valence-corrected chi connectivity index (χ1v) is 6.04. The number of aromatic nitrogens is 1. The minimum atomic E-state index is 0.197. The molecule has 0 atom stereocenters. The third kappa shape index (κ3) is 3.14. The van der Waals surface area contributed by atoms with E-state index >= 15 is 0 Å². The Bertz CT molecular complexity index is 649. The molecule has 20 heavy (non-hydrogen) atoms. The number of hydrogen-bond donors (Lipinski definition) is 1. The van der Waals surface area contributed by atoms with Crippen LogP contribution in [0.3, 0.4) is 0 Å². The van der Waals surface area contributed by atoms with Crippen molar-refractivity contribution in [3.05, 3.63) is 41.4 Å². The zero-order valence-corrected chi connectivity index (χ0v) is 11.6. The van der Waals surface area contributed by atoms with Crippen molar-refractivity contribution in [2.45, 2.75) is 6.92 Å². The summed E-state index contributed by atoms with van der Waals surface area (Å²) in [6.07, 6.45) is 1.65. The van der Waals surface area contributed by atoms with Crippen molar-refractivity contribution in [2.75, 3.05) is 24.4 Å². The van der Waals surface area contributed by atoms with E-state index in [2.05, 4.69) is 15.5 Å². The maximum Gasteiger partial charge on any atom is 0.252 e. The second kappa shape index (κ2) is 5.89. The van der Waals surface area contributed by atoms with Crippen LogP contribution in [0.4, 0.5) is 11.6 Å². The fourth-order valence-electron chi connectivity index (χ4n) is 1.60. The van der Waals surface area contributed by atoms with Gasteiger partial charge in [0.25, 0.3) is 5.88 Å². The average molecular weight is 269 g/mol. The molecule has 0 radical (unpaired) electrons. The molecule has 0 spiro atoms. The van der Waals surface area contributed by atoms with Gasteiger partial charge in [-0.05, 0) is 17.7 Å². The average Bonchev–Trinajstić information content (AvgIpc) is 2.79. The first-order valence-electron chi connectivity index (χ1n) is 6.04. The van der Waals surface area contributed by atoms with Gasteiger partial charge in [0.1, 0.15) is 6.07 Å². The molecule has 1 aromatic heterocycles. The van der Waals surface area contributed by atoms with Crippen LogP contribution in [0, 0.1) is 18.3 Å². The summed E-state index contributed by atoms with van der Waals surface area (Å²) in [5.41, 5.74) is 4.94. The van der Waals surface area contributed by atoms with E-state index in [-0.39, 0.29) is 11.6 Å². The summed E-state index contributed by atoms with van der Waals surface area (Å²) in [4.78, 5) is 5.94. The van der Waals surface area contributed by atoms with Crippen LogP contribution in [-0.4, -0.2) is 25.3 Å². The number of nitrogens with zero attached hydrogens (tertiary/aromatic N) is 4. The lowest BCUT2D eigenvalue weighted by Gasteiger charge is -2.11. The molecule has 0 saturated carbocycles. The van der Waals surface area contributed by atoms with E-state index in [1.807, 2.05) is 49.3 Å². The van der Waals surface area contributed by atoms with Crippen LogP contribution >= 0.6 is 0 Å². The van der Waals surface area contributed by atoms with E-state index < -0.39 is 0 Å². The Kier molecular flexibility index (Phi) is 4.01. The number of rotatable bonds is 4. The summed E-state index contributed by atoms with van der Waals surface area (Å²) in [5.74, 6) is 0.681. The monoisotopic (exact) mass is 269 g/mol. The number of anilines is 2. The highest BCUT2D eigenvalue weighted by atomic mass is 16.4. The topological polar surface area (TPSA) is 77.5 Å². The number of aryl methyl sites for hydroxylation is 1. The summed E-state index contributed by atoms with van der Waals surface area (Å²) < 4.78 is 5.23. The first-order chi connectivity index (χ1) is 9.60. The number of hydrazone groups is 1. The Morgan fingerprint density at radius 2 is 2.05 bits per heavy atom. The van der Waals surface area contributed by atoms with Crippen LogP contribution in [0.1, 0.15) is 17.1 Å². The summed E-state index contributed by atoms with van der Waals surface area (Å²) >= 11 is 0. The van der Waals surface area contributed by atoms with Crippen molar-refractivity contribution in [1.29, 1.82) is 5.26 Å². The standard InChI is InChI=1S/C14H15N5O/c1-10-17-13(8-15)14(20-10)18-16-9-11-4-6-12(7-5-11)19(2)3/h4-7,9,18H,1-3H3/b16-9-. The summed E-state index contributed by atoms with van der Waals surface area (Å²) in [6.45, 7) is 1.68. The Balaban J connectivity index is 2.04. The largest absolute Gasteiger partial charge is 0.422 e. The number of oxazole rings is 1. The molecule has 0 fully saturated rings. The molecule has 1 N–H and O–H groups in total. The zero-order chi connectivity index (χ0) is 14.5. The van der Waals surface area contributed by atoms with Gasteiger partial charge >= 0.3 is 0 Å². The van der Waals surface area contributed by atoms with Crippen molar-refractivity contribution >= 4 is 17.8 Å². The highest BCUT2D eigenvalue weighted by Crippen LogP contribution is 2.15. The van der Waals surface area contributed by atoms with Gasteiger partial charge in [-0.3, -0.25) is 0 Å². The summed E-state index contributed by atoms with van der Waals surface area (Å²) in [5, 5.41) is 12.9. The fraction of sp³-hybridized carbons (Fsp3) is 0.214. The minimum absolute atomic E-state index is 0.197. The molecule has 1 aromatic carbocycles. The van der Waals surface area contributed by atoms with Crippen LogP contribution < -0.4 is 10.3 Å². The van der Waals surface area contributed by atoms with E-state index in [1.165, 1.54) is 0 Å². The van der Waals surface area contributed by atoms with E-state index in [4.69, 9.17) is 9.68 Å². The smallest absolute Gasteiger partial charge is 0.252 e. The number of nitriles is 1. The van der Waals surface area contributed by atoms with Gasteiger partial charge in [0.2, 0.25) is 5.69 Å². The zero-order valence-electron chi connectivity index (χ0n) is 11.6. The maximum absolute atomic E-state index is 8.86. The molecule has 6 heteroatoms. The van der Waals surface area contributed by atoms with Gasteiger partial charge in [-0.25, -0.2) is 10.4 Å². The molecule has 0 saturated heterocycles. The van der Waals surface area contributed by atoms with Crippen molar-refractivity contribution in [2.24, 2.45) is 5.10 Å². The highest BCUT2D eigenvalue weighted by molar-refractivity contribution is 5.80. The lowest BCUT2D eigenvalue weighted by atomic mass is 10.2. The van der Waals surface area contributed by atoms with Gasteiger partial charge in [0.15, 0.2) is 5.89 Å². The fourth-order valence-corrected chi connectivity index (χ4v) is 1.60. The van der Waals surface area contributed by atoms with Crippen LogP contribution in [0.25, 0.3) is 0 Å². The molecular formula is C14H15N5O. The molecule has 0 aliphatic heterocycles. The number of hydrogen-bond acceptors (Lipinski definition) is 6. The molecule has 0 amide bonds. The third-order valence-corrected chi connectivity index (χ3v) is 2.63. The van der Waals surface area contributed by atoms with Crippen molar-refractivity contribution in [1.82, 2.24) is 4.98 Å². The van der Waals surface area contributed by atoms with Gasteiger partial charge < -0.3 is 9.32 Å². The minimum Gasteiger partial charge on any atom is -0.422 e. The summed E-state index contributed by atoms with van der Waals surface area (Å²) in [6, 6.07) is 9.85.